The third-order valence-corrected chi connectivity index (χ3v) is 2.83. The summed E-state index contributed by atoms with van der Waals surface area (Å²) < 4.78 is 0. The summed E-state index contributed by atoms with van der Waals surface area (Å²) >= 11 is 1.68. The number of aromatic nitrogens is 3. The Kier molecular flexibility index (Phi) is 5.71. The Morgan fingerprint density at radius 2 is 2.20 bits per heavy atom. The van der Waals surface area contributed by atoms with Crippen molar-refractivity contribution in [1.82, 2.24) is 20.5 Å². The van der Waals surface area contributed by atoms with Crippen molar-refractivity contribution in [3.8, 4) is 0 Å². The maximum Gasteiger partial charge on any atom is 0.208 e. The highest BCUT2D eigenvalue weighted by Crippen LogP contribution is 2.10. The van der Waals surface area contributed by atoms with Crippen LogP contribution in [0.15, 0.2) is 5.16 Å². The first-order chi connectivity index (χ1) is 7.18. The zero-order valence-electron chi connectivity index (χ0n) is 9.71. The first-order valence-corrected chi connectivity index (χ1v) is 6.39. The van der Waals surface area contributed by atoms with E-state index in [9.17, 15) is 0 Å². The maximum absolute atomic E-state index is 4.23. The van der Waals surface area contributed by atoms with E-state index in [1.165, 1.54) is 6.42 Å². The molecule has 0 saturated carbocycles. The van der Waals surface area contributed by atoms with Crippen LogP contribution in [0.1, 0.15) is 26.1 Å². The number of aromatic amines is 1. The van der Waals surface area contributed by atoms with Crippen molar-refractivity contribution in [2.75, 3.05) is 18.8 Å². The van der Waals surface area contributed by atoms with Crippen molar-refractivity contribution in [3.05, 3.63) is 5.82 Å². The second-order valence-electron chi connectivity index (χ2n) is 3.98. The lowest BCUT2D eigenvalue weighted by Gasteiger charge is -2.05. The molecule has 1 aromatic rings. The third-order valence-electron chi connectivity index (χ3n) is 1.99. The lowest BCUT2D eigenvalue weighted by atomic mass is 10.1. The first kappa shape index (κ1) is 12.5. The Morgan fingerprint density at radius 1 is 1.40 bits per heavy atom. The van der Waals surface area contributed by atoms with Crippen LogP contribution in [0.3, 0.4) is 0 Å². The van der Waals surface area contributed by atoms with Gasteiger partial charge in [0.05, 0.1) is 0 Å². The number of H-pyrrole nitrogens is 1. The highest BCUT2D eigenvalue weighted by molar-refractivity contribution is 7.99. The highest BCUT2D eigenvalue weighted by Gasteiger charge is 1.99. The number of thioether (sulfide) groups is 1. The molecular formula is C10H20N4S. The predicted molar refractivity (Wildman–Crippen MR) is 64.2 cm³/mol. The average Bonchev–Trinajstić information content (AvgIpc) is 2.57. The zero-order valence-corrected chi connectivity index (χ0v) is 10.5. The van der Waals surface area contributed by atoms with Crippen molar-refractivity contribution < 1.29 is 0 Å². The highest BCUT2D eigenvalue weighted by atomic mass is 32.2. The van der Waals surface area contributed by atoms with Gasteiger partial charge in [-0.05, 0) is 25.8 Å². The number of nitrogens with zero attached hydrogens (tertiary/aromatic N) is 2. The van der Waals surface area contributed by atoms with E-state index in [0.29, 0.717) is 0 Å². The molecule has 4 nitrogen and oxygen atoms in total. The fourth-order valence-corrected chi connectivity index (χ4v) is 1.86. The summed E-state index contributed by atoms with van der Waals surface area (Å²) in [7, 11) is 0. The van der Waals surface area contributed by atoms with Gasteiger partial charge in [0, 0.05) is 12.3 Å². The molecule has 0 aliphatic carbocycles. The summed E-state index contributed by atoms with van der Waals surface area (Å²) in [5, 5.41) is 11.1. The van der Waals surface area contributed by atoms with Gasteiger partial charge in [-0.1, -0.05) is 25.6 Å². The summed E-state index contributed by atoms with van der Waals surface area (Å²) in [6.45, 7) is 8.52. The van der Waals surface area contributed by atoms with E-state index >= 15 is 0 Å². The average molecular weight is 228 g/mol. The van der Waals surface area contributed by atoms with Gasteiger partial charge in [-0.3, -0.25) is 5.10 Å². The molecule has 1 heterocycles. The van der Waals surface area contributed by atoms with Crippen LogP contribution < -0.4 is 5.32 Å². The zero-order chi connectivity index (χ0) is 11.1. The smallest absolute Gasteiger partial charge is 0.208 e. The molecule has 0 saturated heterocycles. The van der Waals surface area contributed by atoms with Crippen molar-refractivity contribution in [2.45, 2.75) is 32.3 Å². The maximum atomic E-state index is 4.23. The fourth-order valence-electron chi connectivity index (χ4n) is 1.12. The molecule has 0 aliphatic heterocycles. The van der Waals surface area contributed by atoms with Crippen LogP contribution in [0.2, 0.25) is 0 Å². The standard InChI is InChI=1S/C10H20N4S/c1-8(2)4-5-11-6-7-15-10-12-9(3)13-14-10/h8,11H,4-7H2,1-3H3,(H,12,13,14). The third kappa shape index (κ3) is 5.79. The molecule has 0 bridgehead atoms. The van der Waals surface area contributed by atoms with Gasteiger partial charge in [-0.2, -0.15) is 0 Å². The van der Waals surface area contributed by atoms with Crippen LogP contribution >= 0.6 is 11.8 Å². The van der Waals surface area contributed by atoms with Crippen molar-refractivity contribution >= 4 is 11.8 Å². The second-order valence-corrected chi connectivity index (χ2v) is 5.05. The lowest BCUT2D eigenvalue weighted by Crippen LogP contribution is -2.19. The molecule has 0 radical (unpaired) electrons. The van der Waals surface area contributed by atoms with Crippen molar-refractivity contribution in [1.29, 1.82) is 0 Å². The Hall–Kier alpha value is -0.550. The van der Waals surface area contributed by atoms with Gasteiger partial charge in [0.25, 0.3) is 0 Å². The molecule has 0 amide bonds. The Bertz CT molecular complexity index is 272. The van der Waals surface area contributed by atoms with Crippen molar-refractivity contribution in [3.63, 3.8) is 0 Å². The quantitative estimate of drug-likeness (QED) is 0.552. The molecule has 0 atom stereocenters. The summed E-state index contributed by atoms with van der Waals surface area (Å²) in [4.78, 5) is 4.23. The van der Waals surface area contributed by atoms with Crippen LogP contribution in [0, 0.1) is 12.8 Å². The summed E-state index contributed by atoms with van der Waals surface area (Å²) in [6, 6.07) is 0. The summed E-state index contributed by atoms with van der Waals surface area (Å²) in [5.41, 5.74) is 0. The molecule has 0 aromatic carbocycles. The SMILES string of the molecule is Cc1nc(SCCNCCC(C)C)n[nH]1. The molecule has 5 heteroatoms. The summed E-state index contributed by atoms with van der Waals surface area (Å²) in [5.74, 6) is 2.68. The van der Waals surface area contributed by atoms with E-state index < -0.39 is 0 Å². The molecule has 86 valence electrons. The van der Waals surface area contributed by atoms with Crippen LogP contribution in [-0.4, -0.2) is 34.0 Å². The Labute approximate surface area is 95.6 Å². The number of rotatable bonds is 7. The predicted octanol–water partition coefficient (Wildman–Crippen LogP) is 1.84. The van der Waals surface area contributed by atoms with Crippen LogP contribution in [0.25, 0.3) is 0 Å². The van der Waals surface area contributed by atoms with Gasteiger partial charge >= 0.3 is 0 Å². The normalized spacial score (nSPS) is 11.2. The minimum Gasteiger partial charge on any atom is -0.316 e. The number of nitrogens with one attached hydrogen (secondary N) is 2. The van der Waals surface area contributed by atoms with E-state index in [2.05, 4.69) is 34.3 Å². The van der Waals surface area contributed by atoms with Crippen LogP contribution in [-0.2, 0) is 0 Å². The number of aryl methyl sites for hydroxylation is 1. The molecule has 0 fully saturated rings. The first-order valence-electron chi connectivity index (χ1n) is 5.41. The van der Waals surface area contributed by atoms with E-state index in [4.69, 9.17) is 0 Å². The second kappa shape index (κ2) is 6.85. The minimum absolute atomic E-state index is 0.779. The largest absolute Gasteiger partial charge is 0.316 e. The van der Waals surface area contributed by atoms with Crippen molar-refractivity contribution in [2.24, 2.45) is 5.92 Å². The molecule has 2 N–H and O–H groups in total. The van der Waals surface area contributed by atoms with Gasteiger partial charge in [0.15, 0.2) is 0 Å². The van der Waals surface area contributed by atoms with Crippen LogP contribution in [0.4, 0.5) is 0 Å². The topological polar surface area (TPSA) is 53.6 Å². The number of hydrogen-bond acceptors (Lipinski definition) is 4. The van der Waals surface area contributed by atoms with Crippen LogP contribution in [0.5, 0.6) is 0 Å². The number of hydrogen-bond donors (Lipinski definition) is 2. The van der Waals surface area contributed by atoms with E-state index in [0.717, 1.165) is 35.7 Å². The van der Waals surface area contributed by atoms with E-state index in [-0.39, 0.29) is 0 Å². The fraction of sp³-hybridized carbons (Fsp3) is 0.800. The van der Waals surface area contributed by atoms with E-state index in [1.54, 1.807) is 11.8 Å². The molecular weight excluding hydrogens is 208 g/mol. The van der Waals surface area contributed by atoms with Gasteiger partial charge < -0.3 is 5.32 Å². The molecule has 1 rings (SSSR count). The molecule has 15 heavy (non-hydrogen) atoms. The molecule has 0 aliphatic rings. The molecule has 0 spiro atoms. The van der Waals surface area contributed by atoms with Gasteiger partial charge in [-0.15, -0.1) is 5.10 Å². The minimum atomic E-state index is 0.779. The van der Waals surface area contributed by atoms with Gasteiger partial charge in [-0.25, -0.2) is 4.98 Å². The molecule has 0 unspecified atom stereocenters. The molecule has 1 aromatic heterocycles. The van der Waals surface area contributed by atoms with Gasteiger partial charge in [0.2, 0.25) is 5.16 Å². The Morgan fingerprint density at radius 3 is 2.80 bits per heavy atom. The monoisotopic (exact) mass is 228 g/mol. The Balaban J connectivity index is 1.98. The summed E-state index contributed by atoms with van der Waals surface area (Å²) in [6.07, 6.45) is 1.24. The lowest BCUT2D eigenvalue weighted by molar-refractivity contribution is 0.547. The van der Waals surface area contributed by atoms with E-state index in [1.807, 2.05) is 6.92 Å². The van der Waals surface area contributed by atoms with Gasteiger partial charge in [0.1, 0.15) is 5.82 Å².